The van der Waals surface area contributed by atoms with Crippen LogP contribution in [0.25, 0.3) is 0 Å². The molecule has 32 heavy (non-hydrogen) atoms. The Morgan fingerprint density at radius 2 is 2.00 bits per heavy atom. The molecule has 0 spiro atoms. The second-order valence-electron chi connectivity index (χ2n) is 8.88. The number of amides is 1. The molecule has 1 saturated carbocycles. The average molecular weight is 472 g/mol. The minimum Gasteiger partial charge on any atom is -0.370 e. The van der Waals surface area contributed by atoms with Gasteiger partial charge >= 0.3 is 6.18 Å². The molecule has 2 fully saturated rings. The van der Waals surface area contributed by atoms with Gasteiger partial charge in [0.2, 0.25) is 0 Å². The van der Waals surface area contributed by atoms with E-state index in [1.807, 2.05) is 13.8 Å². The third kappa shape index (κ3) is 4.65. The number of alkyl halides is 3. The van der Waals surface area contributed by atoms with Crippen molar-refractivity contribution in [2.45, 2.75) is 68.5 Å². The molecule has 2 aliphatic rings. The van der Waals surface area contributed by atoms with E-state index in [-0.39, 0.29) is 40.6 Å². The van der Waals surface area contributed by atoms with Gasteiger partial charge in [0, 0.05) is 30.5 Å². The Kier molecular flexibility index (Phi) is 5.36. The summed E-state index contributed by atoms with van der Waals surface area (Å²) in [6.45, 7) is 3.76. The van der Waals surface area contributed by atoms with E-state index in [1.165, 1.54) is 6.07 Å². The SMILES string of the molecule is CC1(C)CC(Cn2nc(C3CC3)c(C(F)(F)F)c2C(=O)Nc2ccnc(S(C)(=O)=O)c2)O1. The number of nitrogens with zero attached hydrogens (tertiary/aromatic N) is 3. The van der Waals surface area contributed by atoms with Crippen LogP contribution in [0, 0.1) is 0 Å². The largest absolute Gasteiger partial charge is 0.420 e. The summed E-state index contributed by atoms with van der Waals surface area (Å²) >= 11 is 0. The van der Waals surface area contributed by atoms with E-state index in [0.29, 0.717) is 19.3 Å². The summed E-state index contributed by atoms with van der Waals surface area (Å²) in [7, 11) is -3.66. The number of carbonyl (C=O) groups is 1. The van der Waals surface area contributed by atoms with Crippen LogP contribution in [-0.4, -0.2) is 47.1 Å². The zero-order valence-electron chi connectivity index (χ0n) is 17.7. The summed E-state index contributed by atoms with van der Waals surface area (Å²) in [6.07, 6.45) is -1.25. The lowest BCUT2D eigenvalue weighted by molar-refractivity contribution is -0.190. The van der Waals surface area contributed by atoms with Crippen LogP contribution in [0.1, 0.15) is 60.8 Å². The van der Waals surface area contributed by atoms with E-state index < -0.39 is 33.2 Å². The van der Waals surface area contributed by atoms with Gasteiger partial charge in [-0.2, -0.15) is 18.3 Å². The summed E-state index contributed by atoms with van der Waals surface area (Å²) in [5.41, 5.74) is -2.14. The van der Waals surface area contributed by atoms with Gasteiger partial charge in [-0.05, 0) is 38.8 Å². The Bertz CT molecular complexity index is 1160. The lowest BCUT2D eigenvalue weighted by atomic mass is 9.93. The molecule has 1 atom stereocenters. The van der Waals surface area contributed by atoms with Crippen molar-refractivity contribution in [2.75, 3.05) is 11.6 Å². The summed E-state index contributed by atoms with van der Waals surface area (Å²) in [4.78, 5) is 16.8. The Morgan fingerprint density at radius 1 is 1.34 bits per heavy atom. The van der Waals surface area contributed by atoms with Crippen molar-refractivity contribution in [1.29, 1.82) is 0 Å². The van der Waals surface area contributed by atoms with Crippen LogP contribution in [0.5, 0.6) is 0 Å². The molecule has 3 heterocycles. The molecular formula is C20H23F3N4O4S. The zero-order valence-corrected chi connectivity index (χ0v) is 18.5. The van der Waals surface area contributed by atoms with Gasteiger partial charge in [-0.15, -0.1) is 0 Å². The van der Waals surface area contributed by atoms with Gasteiger partial charge < -0.3 is 10.1 Å². The number of aromatic nitrogens is 3. The summed E-state index contributed by atoms with van der Waals surface area (Å²) < 4.78 is 72.3. The first-order valence-electron chi connectivity index (χ1n) is 10.1. The molecular weight excluding hydrogens is 449 g/mol. The van der Waals surface area contributed by atoms with Crippen molar-refractivity contribution in [3.63, 3.8) is 0 Å². The number of hydrogen-bond acceptors (Lipinski definition) is 6. The van der Waals surface area contributed by atoms with Crippen LogP contribution in [0.2, 0.25) is 0 Å². The molecule has 0 bridgehead atoms. The molecule has 1 saturated heterocycles. The number of hydrogen-bond donors (Lipinski definition) is 1. The molecule has 8 nitrogen and oxygen atoms in total. The van der Waals surface area contributed by atoms with Crippen molar-refractivity contribution in [3.8, 4) is 0 Å². The molecule has 12 heteroatoms. The Hall–Kier alpha value is -2.47. The number of ether oxygens (including phenoxy) is 1. The highest BCUT2D eigenvalue weighted by Gasteiger charge is 2.47. The molecule has 1 amide bonds. The minimum absolute atomic E-state index is 0.00686. The third-order valence-electron chi connectivity index (χ3n) is 5.40. The molecule has 4 rings (SSSR count). The fourth-order valence-corrected chi connectivity index (χ4v) is 4.52. The van der Waals surface area contributed by atoms with Gasteiger partial charge in [0.25, 0.3) is 5.91 Å². The normalized spacial score (nSPS) is 20.6. The standard InChI is InChI=1S/C20H23F3N4O4S/c1-19(2)9-13(31-19)10-27-17(15(20(21,22)23)16(26-27)11-4-5-11)18(28)25-12-6-7-24-14(8-12)32(3,29)30/h6-8,11,13H,4-5,9-10H2,1-3H3,(H,24,25,28). The molecule has 0 aromatic carbocycles. The first-order chi connectivity index (χ1) is 14.7. The van der Waals surface area contributed by atoms with Crippen LogP contribution >= 0.6 is 0 Å². The summed E-state index contributed by atoms with van der Waals surface area (Å²) in [5.74, 6) is -1.36. The predicted molar refractivity (Wildman–Crippen MR) is 108 cm³/mol. The monoisotopic (exact) mass is 472 g/mol. The lowest BCUT2D eigenvalue weighted by Crippen LogP contribution is -2.48. The van der Waals surface area contributed by atoms with Crippen LogP contribution in [-0.2, 0) is 27.3 Å². The van der Waals surface area contributed by atoms with E-state index in [4.69, 9.17) is 4.74 Å². The van der Waals surface area contributed by atoms with Gasteiger partial charge in [0.05, 0.1) is 23.9 Å². The maximum absolute atomic E-state index is 14.0. The number of sulfone groups is 1. The highest BCUT2D eigenvalue weighted by atomic mass is 32.2. The van der Waals surface area contributed by atoms with Gasteiger partial charge in [-0.25, -0.2) is 13.4 Å². The average Bonchev–Trinajstić information content (AvgIpc) is 3.40. The van der Waals surface area contributed by atoms with Crippen molar-refractivity contribution < 1.29 is 31.1 Å². The van der Waals surface area contributed by atoms with E-state index in [2.05, 4.69) is 15.4 Å². The fraction of sp³-hybridized carbons (Fsp3) is 0.550. The molecule has 2 aromatic rings. The molecule has 1 N–H and O–H groups in total. The molecule has 0 radical (unpaired) electrons. The molecule has 174 valence electrons. The molecule has 1 aliphatic carbocycles. The Morgan fingerprint density at radius 3 is 2.53 bits per heavy atom. The maximum Gasteiger partial charge on any atom is 0.420 e. The number of halogens is 3. The first kappa shape index (κ1) is 22.7. The minimum atomic E-state index is -4.78. The second kappa shape index (κ2) is 7.55. The van der Waals surface area contributed by atoms with Crippen LogP contribution in [0.4, 0.5) is 18.9 Å². The van der Waals surface area contributed by atoms with Crippen molar-refractivity contribution in [2.24, 2.45) is 0 Å². The quantitative estimate of drug-likeness (QED) is 0.691. The molecule has 1 aliphatic heterocycles. The highest BCUT2D eigenvalue weighted by molar-refractivity contribution is 7.90. The smallest absolute Gasteiger partial charge is 0.370 e. The van der Waals surface area contributed by atoms with Crippen molar-refractivity contribution in [3.05, 3.63) is 35.3 Å². The number of nitrogens with one attached hydrogen (secondary N) is 1. The van der Waals surface area contributed by atoms with Gasteiger partial charge in [0.1, 0.15) is 11.3 Å². The zero-order chi connectivity index (χ0) is 23.5. The van der Waals surface area contributed by atoms with Crippen LogP contribution < -0.4 is 5.32 Å². The maximum atomic E-state index is 14.0. The topological polar surface area (TPSA) is 103 Å². The van der Waals surface area contributed by atoms with Crippen molar-refractivity contribution in [1.82, 2.24) is 14.8 Å². The number of anilines is 1. The summed E-state index contributed by atoms with van der Waals surface area (Å²) in [5, 5.41) is 6.25. The van der Waals surface area contributed by atoms with E-state index in [1.54, 1.807) is 0 Å². The Balaban J connectivity index is 1.71. The fourth-order valence-electron chi connectivity index (χ4n) is 3.93. The molecule has 1 unspecified atom stereocenters. The van der Waals surface area contributed by atoms with Gasteiger partial charge in [0.15, 0.2) is 14.9 Å². The van der Waals surface area contributed by atoms with E-state index >= 15 is 0 Å². The van der Waals surface area contributed by atoms with Crippen LogP contribution in [0.3, 0.4) is 0 Å². The predicted octanol–water partition coefficient (Wildman–Crippen LogP) is 3.40. The van der Waals surface area contributed by atoms with Gasteiger partial charge in [-0.1, -0.05) is 0 Å². The number of rotatable bonds is 6. The lowest BCUT2D eigenvalue weighted by Gasteiger charge is -2.43. The Labute approximate surface area is 183 Å². The third-order valence-corrected chi connectivity index (χ3v) is 6.38. The van der Waals surface area contributed by atoms with Crippen LogP contribution in [0.15, 0.2) is 23.4 Å². The van der Waals surface area contributed by atoms with Gasteiger partial charge in [-0.3, -0.25) is 9.48 Å². The van der Waals surface area contributed by atoms with E-state index in [9.17, 15) is 26.4 Å². The first-order valence-corrected chi connectivity index (χ1v) is 12.0. The van der Waals surface area contributed by atoms with Crippen molar-refractivity contribution >= 4 is 21.4 Å². The number of pyridine rings is 1. The molecule has 2 aromatic heterocycles. The number of carbonyl (C=O) groups excluding carboxylic acids is 1. The second-order valence-corrected chi connectivity index (χ2v) is 10.8. The summed E-state index contributed by atoms with van der Waals surface area (Å²) in [6, 6.07) is 2.40. The highest BCUT2D eigenvalue weighted by Crippen LogP contribution is 2.47. The van der Waals surface area contributed by atoms with E-state index in [0.717, 1.165) is 23.2 Å².